The number of hydrogen-bond donors (Lipinski definition) is 2. The number of nitrogens with two attached hydrogens (primary N) is 1. The maximum Gasteiger partial charge on any atom is 0.0283 e. The molecular formula is C15H30N2. The molecule has 0 amide bonds. The van der Waals surface area contributed by atoms with Gasteiger partial charge in [-0.05, 0) is 29.6 Å². The van der Waals surface area contributed by atoms with Crippen molar-refractivity contribution in [2.45, 2.75) is 71.9 Å². The van der Waals surface area contributed by atoms with Gasteiger partial charge in [-0.25, -0.2) is 0 Å². The second-order valence-corrected chi connectivity index (χ2v) is 7.82. The molecule has 2 saturated carbocycles. The minimum atomic E-state index is 0.0480. The molecule has 0 saturated heterocycles. The Labute approximate surface area is 107 Å². The lowest BCUT2D eigenvalue weighted by Gasteiger charge is -2.37. The van der Waals surface area contributed by atoms with Crippen LogP contribution in [0, 0.1) is 16.7 Å². The van der Waals surface area contributed by atoms with Gasteiger partial charge in [-0.15, -0.1) is 0 Å². The summed E-state index contributed by atoms with van der Waals surface area (Å²) in [5.74, 6) is 0.802. The predicted octanol–water partition coefficient (Wildman–Crippen LogP) is 2.92. The van der Waals surface area contributed by atoms with Crippen molar-refractivity contribution in [1.82, 2.24) is 5.32 Å². The summed E-state index contributed by atoms with van der Waals surface area (Å²) in [5, 5.41) is 3.74. The molecule has 2 aliphatic rings. The predicted molar refractivity (Wildman–Crippen MR) is 73.9 cm³/mol. The van der Waals surface area contributed by atoms with E-state index in [2.05, 4.69) is 39.9 Å². The molecule has 2 aliphatic carbocycles. The molecule has 0 spiro atoms. The number of rotatable bonds is 3. The van der Waals surface area contributed by atoms with Gasteiger partial charge < -0.3 is 11.1 Å². The molecule has 0 aromatic carbocycles. The van der Waals surface area contributed by atoms with Crippen LogP contribution in [0.3, 0.4) is 0 Å². The molecule has 2 unspecified atom stereocenters. The van der Waals surface area contributed by atoms with Gasteiger partial charge in [-0.1, -0.05) is 47.5 Å². The number of nitrogens with one attached hydrogen (secondary N) is 1. The van der Waals surface area contributed by atoms with Crippen LogP contribution in [0.15, 0.2) is 0 Å². The highest BCUT2D eigenvalue weighted by Crippen LogP contribution is 2.62. The van der Waals surface area contributed by atoms with Gasteiger partial charge in [-0.3, -0.25) is 0 Å². The second kappa shape index (κ2) is 3.96. The third-order valence-electron chi connectivity index (χ3n) is 5.81. The summed E-state index contributed by atoms with van der Waals surface area (Å²) in [6.45, 7) is 12.8. The van der Waals surface area contributed by atoms with Crippen molar-refractivity contribution in [1.29, 1.82) is 0 Å². The SMILES string of the molecule is CC1CCCC(N)(CNC2C(C)(C)C2(C)C)C1. The molecule has 0 bridgehead atoms. The van der Waals surface area contributed by atoms with Crippen molar-refractivity contribution in [2.24, 2.45) is 22.5 Å². The zero-order valence-corrected chi connectivity index (χ0v) is 12.3. The molecule has 0 heterocycles. The van der Waals surface area contributed by atoms with E-state index < -0.39 is 0 Å². The first-order valence-electron chi connectivity index (χ1n) is 7.21. The summed E-state index contributed by atoms with van der Waals surface area (Å²) < 4.78 is 0. The normalized spacial score (nSPS) is 40.2. The fourth-order valence-corrected chi connectivity index (χ4v) is 3.87. The second-order valence-electron chi connectivity index (χ2n) is 7.82. The minimum Gasteiger partial charge on any atom is -0.324 e. The monoisotopic (exact) mass is 238 g/mol. The maximum absolute atomic E-state index is 6.54. The van der Waals surface area contributed by atoms with Crippen molar-refractivity contribution in [3.05, 3.63) is 0 Å². The molecule has 0 aromatic rings. The lowest BCUT2D eigenvalue weighted by Crippen LogP contribution is -2.52. The Morgan fingerprint density at radius 1 is 1.18 bits per heavy atom. The molecule has 2 atom stereocenters. The van der Waals surface area contributed by atoms with Crippen LogP contribution >= 0.6 is 0 Å². The van der Waals surface area contributed by atoms with Crippen LogP contribution in [0.1, 0.15) is 60.3 Å². The van der Waals surface area contributed by atoms with Gasteiger partial charge in [-0.2, -0.15) is 0 Å². The molecule has 17 heavy (non-hydrogen) atoms. The fraction of sp³-hybridized carbons (Fsp3) is 1.00. The van der Waals surface area contributed by atoms with E-state index in [9.17, 15) is 0 Å². The lowest BCUT2D eigenvalue weighted by atomic mass is 9.77. The third-order valence-corrected chi connectivity index (χ3v) is 5.81. The summed E-state index contributed by atoms with van der Waals surface area (Å²) in [6.07, 6.45) is 5.04. The van der Waals surface area contributed by atoms with Gasteiger partial charge in [0.05, 0.1) is 0 Å². The Morgan fingerprint density at radius 3 is 2.24 bits per heavy atom. The zero-order chi connectivity index (χ0) is 12.9. The topological polar surface area (TPSA) is 38.0 Å². The molecule has 2 nitrogen and oxygen atoms in total. The van der Waals surface area contributed by atoms with Crippen LogP contribution < -0.4 is 11.1 Å². The first-order valence-corrected chi connectivity index (χ1v) is 7.21. The highest BCUT2D eigenvalue weighted by molar-refractivity contribution is 5.18. The summed E-state index contributed by atoms with van der Waals surface area (Å²) in [5.41, 5.74) is 7.43. The zero-order valence-electron chi connectivity index (χ0n) is 12.3. The molecular weight excluding hydrogens is 208 g/mol. The third kappa shape index (κ3) is 2.26. The molecule has 0 radical (unpaired) electrons. The van der Waals surface area contributed by atoms with Gasteiger partial charge >= 0.3 is 0 Å². The van der Waals surface area contributed by atoms with E-state index >= 15 is 0 Å². The molecule has 2 fully saturated rings. The van der Waals surface area contributed by atoms with Crippen molar-refractivity contribution in [2.75, 3.05) is 6.54 Å². The van der Waals surface area contributed by atoms with Gasteiger partial charge in [0.1, 0.15) is 0 Å². The maximum atomic E-state index is 6.54. The van der Waals surface area contributed by atoms with Crippen molar-refractivity contribution < 1.29 is 0 Å². The van der Waals surface area contributed by atoms with Gasteiger partial charge in [0, 0.05) is 18.1 Å². The molecule has 0 aromatic heterocycles. The Balaban J connectivity index is 1.87. The fourth-order valence-electron chi connectivity index (χ4n) is 3.87. The Kier molecular flexibility index (Phi) is 3.11. The molecule has 100 valence electrons. The number of hydrogen-bond acceptors (Lipinski definition) is 2. The van der Waals surface area contributed by atoms with E-state index in [1.807, 2.05) is 0 Å². The van der Waals surface area contributed by atoms with Gasteiger partial charge in [0.15, 0.2) is 0 Å². The summed E-state index contributed by atoms with van der Waals surface area (Å²) >= 11 is 0. The Hall–Kier alpha value is -0.0800. The van der Waals surface area contributed by atoms with Gasteiger partial charge in [0.2, 0.25) is 0 Å². The molecule has 0 aliphatic heterocycles. The smallest absolute Gasteiger partial charge is 0.0283 e. The van der Waals surface area contributed by atoms with E-state index in [1.54, 1.807) is 0 Å². The first-order chi connectivity index (χ1) is 7.69. The van der Waals surface area contributed by atoms with Crippen LogP contribution in [0.5, 0.6) is 0 Å². The molecule has 3 N–H and O–H groups in total. The average molecular weight is 238 g/mol. The molecule has 2 heteroatoms. The van der Waals surface area contributed by atoms with Crippen LogP contribution in [0.2, 0.25) is 0 Å². The Bertz CT molecular complexity index is 281. The van der Waals surface area contributed by atoms with Crippen molar-refractivity contribution in [3.63, 3.8) is 0 Å². The summed E-state index contributed by atoms with van der Waals surface area (Å²) in [6, 6.07) is 0.632. The standard InChI is InChI=1S/C15H30N2/c1-11-7-6-8-15(16,9-11)10-17-12-13(2,3)14(12,4)5/h11-12,17H,6-10,16H2,1-5H3. The first kappa shape index (κ1) is 13.4. The van der Waals surface area contributed by atoms with Gasteiger partial charge in [0.25, 0.3) is 0 Å². The van der Waals surface area contributed by atoms with Crippen LogP contribution in [-0.2, 0) is 0 Å². The van der Waals surface area contributed by atoms with E-state index in [-0.39, 0.29) is 5.54 Å². The van der Waals surface area contributed by atoms with Crippen LogP contribution in [0.4, 0.5) is 0 Å². The quantitative estimate of drug-likeness (QED) is 0.793. The average Bonchev–Trinajstić information content (AvgIpc) is 2.54. The van der Waals surface area contributed by atoms with E-state index in [4.69, 9.17) is 5.73 Å². The minimum absolute atomic E-state index is 0.0480. The van der Waals surface area contributed by atoms with Crippen LogP contribution in [-0.4, -0.2) is 18.1 Å². The van der Waals surface area contributed by atoms with E-state index in [1.165, 1.54) is 25.7 Å². The summed E-state index contributed by atoms with van der Waals surface area (Å²) in [4.78, 5) is 0. The van der Waals surface area contributed by atoms with E-state index in [0.29, 0.717) is 16.9 Å². The van der Waals surface area contributed by atoms with Crippen molar-refractivity contribution in [3.8, 4) is 0 Å². The highest BCUT2D eigenvalue weighted by atomic mass is 15.1. The highest BCUT2D eigenvalue weighted by Gasteiger charge is 2.64. The molecule has 2 rings (SSSR count). The van der Waals surface area contributed by atoms with Crippen molar-refractivity contribution >= 4 is 0 Å². The van der Waals surface area contributed by atoms with Crippen LogP contribution in [0.25, 0.3) is 0 Å². The summed E-state index contributed by atoms with van der Waals surface area (Å²) in [7, 11) is 0. The Morgan fingerprint density at radius 2 is 1.76 bits per heavy atom. The lowest BCUT2D eigenvalue weighted by molar-refractivity contribution is 0.226. The largest absolute Gasteiger partial charge is 0.324 e. The van der Waals surface area contributed by atoms with E-state index in [0.717, 1.165) is 12.5 Å².